The molecule has 1 aliphatic heterocycles. The lowest BCUT2D eigenvalue weighted by molar-refractivity contribution is -0.153. The summed E-state index contributed by atoms with van der Waals surface area (Å²) in [7, 11) is 1.67. The Labute approximate surface area is 191 Å². The van der Waals surface area contributed by atoms with E-state index in [1.807, 2.05) is 6.92 Å². The number of ether oxygens (including phenoxy) is 3. The van der Waals surface area contributed by atoms with Crippen LogP contribution in [0.3, 0.4) is 0 Å². The van der Waals surface area contributed by atoms with Crippen LogP contribution in [-0.2, 0) is 19.1 Å². The van der Waals surface area contributed by atoms with Gasteiger partial charge in [-0.3, -0.25) is 14.4 Å². The third-order valence-electron chi connectivity index (χ3n) is 4.99. The topological polar surface area (TPSA) is 111 Å². The van der Waals surface area contributed by atoms with Gasteiger partial charge in [0.1, 0.15) is 11.9 Å². The van der Waals surface area contributed by atoms with Gasteiger partial charge in [-0.15, -0.1) is 0 Å². The number of hydrogen-bond donors (Lipinski definition) is 1. The number of nitrogens with zero attached hydrogens (tertiary/aromatic N) is 1. The summed E-state index contributed by atoms with van der Waals surface area (Å²) in [4.78, 5) is 50.2. The minimum Gasteiger partial charge on any atom is -0.494 e. The average molecular weight is 454 g/mol. The van der Waals surface area contributed by atoms with Crippen molar-refractivity contribution in [3.8, 4) is 5.75 Å². The van der Waals surface area contributed by atoms with E-state index in [0.717, 1.165) is 0 Å². The maximum Gasteiger partial charge on any atom is 0.338 e. The van der Waals surface area contributed by atoms with Crippen LogP contribution >= 0.6 is 0 Å². The molecule has 0 saturated carbocycles. The Bertz CT molecular complexity index is 1000. The number of carbonyl (C=O) groups is 4. The highest BCUT2D eigenvalue weighted by Crippen LogP contribution is 2.15. The fourth-order valence-electron chi connectivity index (χ4n) is 3.18. The fourth-order valence-corrected chi connectivity index (χ4v) is 3.18. The monoisotopic (exact) mass is 454 g/mol. The zero-order valence-corrected chi connectivity index (χ0v) is 18.5. The summed E-state index contributed by atoms with van der Waals surface area (Å²) >= 11 is 0. The van der Waals surface area contributed by atoms with Gasteiger partial charge in [0, 0.05) is 24.8 Å². The third kappa shape index (κ3) is 6.63. The van der Waals surface area contributed by atoms with Gasteiger partial charge in [-0.05, 0) is 55.5 Å². The van der Waals surface area contributed by atoms with Crippen molar-refractivity contribution in [3.05, 3.63) is 59.7 Å². The van der Waals surface area contributed by atoms with E-state index in [1.165, 1.54) is 17.0 Å². The van der Waals surface area contributed by atoms with Crippen molar-refractivity contribution in [2.75, 3.05) is 38.7 Å². The van der Waals surface area contributed by atoms with Crippen LogP contribution in [0.2, 0.25) is 0 Å². The Morgan fingerprint density at radius 1 is 1.06 bits per heavy atom. The van der Waals surface area contributed by atoms with Crippen molar-refractivity contribution in [1.82, 2.24) is 4.90 Å². The molecule has 1 atom stereocenters. The molecule has 0 spiro atoms. The van der Waals surface area contributed by atoms with Gasteiger partial charge in [0.15, 0.2) is 12.4 Å². The number of ketones is 1. The molecule has 1 heterocycles. The molecule has 1 fully saturated rings. The number of amides is 2. The van der Waals surface area contributed by atoms with Gasteiger partial charge in [-0.25, -0.2) is 4.79 Å². The molecule has 9 nitrogen and oxygen atoms in total. The molecule has 0 radical (unpaired) electrons. The first-order chi connectivity index (χ1) is 15.9. The summed E-state index contributed by atoms with van der Waals surface area (Å²) in [5.74, 6) is -0.936. The molecular weight excluding hydrogens is 428 g/mol. The number of rotatable bonds is 9. The molecule has 1 unspecified atom stereocenters. The first kappa shape index (κ1) is 23.9. The molecule has 3 rings (SSSR count). The van der Waals surface area contributed by atoms with Crippen LogP contribution in [-0.4, -0.2) is 68.0 Å². The van der Waals surface area contributed by atoms with Gasteiger partial charge in [0.05, 0.1) is 25.2 Å². The van der Waals surface area contributed by atoms with Crippen molar-refractivity contribution in [1.29, 1.82) is 0 Å². The maximum absolute atomic E-state index is 12.2. The van der Waals surface area contributed by atoms with Crippen molar-refractivity contribution >= 4 is 29.3 Å². The lowest BCUT2D eigenvalue weighted by Gasteiger charge is -2.29. The molecule has 174 valence electrons. The van der Waals surface area contributed by atoms with Crippen LogP contribution in [0.15, 0.2) is 48.5 Å². The molecule has 2 amide bonds. The fraction of sp³-hybridized carbons (Fsp3) is 0.333. The van der Waals surface area contributed by atoms with Crippen molar-refractivity contribution in [2.45, 2.75) is 19.4 Å². The average Bonchev–Trinajstić information content (AvgIpc) is 2.81. The normalized spacial score (nSPS) is 15.6. The highest BCUT2D eigenvalue weighted by molar-refractivity contribution is 6.00. The zero-order chi connectivity index (χ0) is 23.8. The molecule has 33 heavy (non-hydrogen) atoms. The smallest absolute Gasteiger partial charge is 0.338 e. The van der Waals surface area contributed by atoms with E-state index in [4.69, 9.17) is 14.2 Å². The number of benzene rings is 2. The summed E-state index contributed by atoms with van der Waals surface area (Å²) in [6.45, 7) is 2.89. The number of carbonyl (C=O) groups excluding carboxylic acids is 4. The largest absolute Gasteiger partial charge is 0.494 e. The van der Waals surface area contributed by atoms with Crippen LogP contribution in [0, 0.1) is 0 Å². The zero-order valence-electron chi connectivity index (χ0n) is 18.5. The van der Waals surface area contributed by atoms with Crippen molar-refractivity contribution < 1.29 is 33.4 Å². The number of Topliss-reactive ketones (excluding diaryl/α,β-unsaturated/α-hetero) is 1. The van der Waals surface area contributed by atoms with Gasteiger partial charge >= 0.3 is 5.97 Å². The summed E-state index contributed by atoms with van der Waals surface area (Å²) in [6.07, 6.45) is -0.897. The Kier molecular flexibility index (Phi) is 8.15. The Morgan fingerprint density at radius 3 is 2.39 bits per heavy atom. The third-order valence-corrected chi connectivity index (χ3v) is 4.99. The van der Waals surface area contributed by atoms with E-state index >= 15 is 0 Å². The van der Waals surface area contributed by atoms with E-state index < -0.39 is 18.7 Å². The van der Waals surface area contributed by atoms with Gasteiger partial charge in [0.25, 0.3) is 5.91 Å². The highest BCUT2D eigenvalue weighted by atomic mass is 16.5. The Hall–Kier alpha value is -3.72. The second-order valence-corrected chi connectivity index (χ2v) is 7.41. The molecule has 1 saturated heterocycles. The first-order valence-corrected chi connectivity index (χ1v) is 10.6. The molecule has 0 aliphatic carbocycles. The second kappa shape index (κ2) is 11.2. The maximum atomic E-state index is 12.2. The van der Waals surface area contributed by atoms with Gasteiger partial charge in [-0.2, -0.15) is 0 Å². The van der Waals surface area contributed by atoms with Crippen LogP contribution in [0.25, 0.3) is 0 Å². The molecule has 0 aromatic heterocycles. The number of morpholine rings is 1. The van der Waals surface area contributed by atoms with E-state index in [1.54, 1.807) is 43.4 Å². The first-order valence-electron chi connectivity index (χ1n) is 10.6. The lowest BCUT2D eigenvalue weighted by Crippen LogP contribution is -2.46. The number of anilines is 1. The molecule has 2 aromatic rings. The molecule has 1 N–H and O–H groups in total. The summed E-state index contributed by atoms with van der Waals surface area (Å²) in [5, 5.41) is 2.67. The lowest BCUT2D eigenvalue weighted by atomic mass is 10.1. The molecule has 2 aromatic carbocycles. The van der Waals surface area contributed by atoms with E-state index in [9.17, 15) is 19.2 Å². The second-order valence-electron chi connectivity index (χ2n) is 7.41. The van der Waals surface area contributed by atoms with Gasteiger partial charge < -0.3 is 24.4 Å². The number of likely N-dealkylation sites (N-methyl/N-ethyl adjacent to an activating group) is 1. The number of esters is 1. The highest BCUT2D eigenvalue weighted by Gasteiger charge is 2.29. The quantitative estimate of drug-likeness (QED) is 0.457. The minimum absolute atomic E-state index is 0.0966. The summed E-state index contributed by atoms with van der Waals surface area (Å²) < 4.78 is 15.8. The van der Waals surface area contributed by atoms with E-state index in [0.29, 0.717) is 36.8 Å². The standard InChI is InChI=1S/C24H26N2O7/c1-3-31-19-10-6-16(7-11-19)20(27)15-33-24(30)17-4-8-18(9-5-17)25-22(28)14-21-23(29)26(2)12-13-32-21/h4-11,21H,3,12-15H2,1-2H3,(H,25,28). The summed E-state index contributed by atoms with van der Waals surface area (Å²) in [5.41, 5.74) is 1.11. The Morgan fingerprint density at radius 2 is 1.73 bits per heavy atom. The molecule has 0 bridgehead atoms. The van der Waals surface area contributed by atoms with Crippen LogP contribution < -0.4 is 10.1 Å². The van der Waals surface area contributed by atoms with E-state index in [-0.39, 0.29) is 29.6 Å². The molecule has 1 aliphatic rings. The summed E-state index contributed by atoms with van der Waals surface area (Å²) in [6, 6.07) is 12.6. The van der Waals surface area contributed by atoms with Gasteiger partial charge in [-0.1, -0.05) is 0 Å². The molecule has 9 heteroatoms. The van der Waals surface area contributed by atoms with E-state index in [2.05, 4.69) is 5.32 Å². The minimum atomic E-state index is -0.800. The van der Waals surface area contributed by atoms with Gasteiger partial charge in [0.2, 0.25) is 5.91 Å². The van der Waals surface area contributed by atoms with Crippen molar-refractivity contribution in [3.63, 3.8) is 0 Å². The SMILES string of the molecule is CCOc1ccc(C(=O)COC(=O)c2ccc(NC(=O)CC3OCCN(C)C3=O)cc2)cc1. The van der Waals surface area contributed by atoms with Crippen molar-refractivity contribution in [2.24, 2.45) is 0 Å². The predicted octanol–water partition coefficient (Wildman–Crippen LogP) is 2.31. The molecular formula is C24H26N2O7. The predicted molar refractivity (Wildman–Crippen MR) is 119 cm³/mol. The Balaban J connectivity index is 1.47. The number of nitrogens with one attached hydrogen (secondary N) is 1. The number of hydrogen-bond acceptors (Lipinski definition) is 7. The van der Waals surface area contributed by atoms with Crippen LogP contribution in [0.1, 0.15) is 34.1 Å². The van der Waals surface area contributed by atoms with Crippen LogP contribution in [0.4, 0.5) is 5.69 Å². The van der Waals surface area contributed by atoms with Crippen LogP contribution in [0.5, 0.6) is 5.75 Å².